The van der Waals surface area contributed by atoms with Gasteiger partial charge in [-0.15, -0.1) is 0 Å². The van der Waals surface area contributed by atoms with Crippen molar-refractivity contribution in [1.29, 1.82) is 0 Å². The summed E-state index contributed by atoms with van der Waals surface area (Å²) < 4.78 is 0. The van der Waals surface area contributed by atoms with Gasteiger partial charge in [0.15, 0.2) is 5.11 Å². The summed E-state index contributed by atoms with van der Waals surface area (Å²) in [5, 5.41) is 7.41. The third-order valence-electron chi connectivity index (χ3n) is 3.00. The Hall–Kier alpha value is -0.310. The van der Waals surface area contributed by atoms with Crippen molar-refractivity contribution in [2.24, 2.45) is 5.92 Å². The fourth-order valence-corrected chi connectivity index (χ4v) is 2.36. The third kappa shape index (κ3) is 3.82. The van der Waals surface area contributed by atoms with Gasteiger partial charge in [0.05, 0.1) is 0 Å². The highest BCUT2D eigenvalue weighted by atomic mass is 32.1. The van der Waals surface area contributed by atoms with Gasteiger partial charge in [-0.1, -0.05) is 19.8 Å². The van der Waals surface area contributed by atoms with Crippen molar-refractivity contribution in [3.05, 3.63) is 0 Å². The molecule has 1 rings (SSSR count). The van der Waals surface area contributed by atoms with E-state index in [-0.39, 0.29) is 0 Å². The number of hydrogen-bond donors (Lipinski definition) is 2. The quantitative estimate of drug-likeness (QED) is 0.703. The van der Waals surface area contributed by atoms with E-state index < -0.39 is 0 Å². The molecule has 3 heteroatoms. The maximum Gasteiger partial charge on any atom is 0.166 e. The highest BCUT2D eigenvalue weighted by Gasteiger charge is 2.21. The Bertz CT molecular complexity index is 176. The van der Waals surface area contributed by atoms with E-state index in [0.29, 0.717) is 6.04 Å². The second-order valence-corrected chi connectivity index (χ2v) is 4.64. The molecule has 1 aliphatic rings. The van der Waals surface area contributed by atoms with Gasteiger partial charge in [0, 0.05) is 12.6 Å². The lowest BCUT2D eigenvalue weighted by Crippen LogP contribution is -2.43. The highest BCUT2D eigenvalue weighted by molar-refractivity contribution is 7.80. The van der Waals surface area contributed by atoms with Crippen LogP contribution >= 0.6 is 12.2 Å². The smallest absolute Gasteiger partial charge is 0.166 e. The molecule has 82 valence electrons. The van der Waals surface area contributed by atoms with Crippen LogP contribution in [-0.2, 0) is 0 Å². The Kier molecular flexibility index (Phi) is 5.23. The first-order valence-corrected chi connectivity index (χ1v) is 6.19. The molecule has 2 N–H and O–H groups in total. The maximum absolute atomic E-state index is 5.21. The Morgan fingerprint density at radius 1 is 1.43 bits per heavy atom. The van der Waals surface area contributed by atoms with Gasteiger partial charge in [0.25, 0.3) is 0 Å². The number of hydrogen-bond acceptors (Lipinski definition) is 1. The Labute approximate surface area is 92.8 Å². The molecule has 0 saturated heterocycles. The normalized spacial score (nSPS) is 19.3. The first kappa shape index (κ1) is 11.8. The lowest BCUT2D eigenvalue weighted by molar-refractivity contribution is 0.424. The van der Waals surface area contributed by atoms with Gasteiger partial charge >= 0.3 is 0 Å². The molecular weight excluding hydrogens is 192 g/mol. The average Bonchev–Trinajstić information content (AvgIpc) is 2.67. The molecule has 1 fully saturated rings. The van der Waals surface area contributed by atoms with Crippen LogP contribution in [0.4, 0.5) is 0 Å². The lowest BCUT2D eigenvalue weighted by atomic mass is 10.0. The van der Waals surface area contributed by atoms with E-state index in [1.165, 1.54) is 25.7 Å². The summed E-state index contributed by atoms with van der Waals surface area (Å²) in [6.45, 7) is 5.37. The maximum atomic E-state index is 5.21. The van der Waals surface area contributed by atoms with Crippen LogP contribution in [0.15, 0.2) is 0 Å². The van der Waals surface area contributed by atoms with Gasteiger partial charge in [-0.3, -0.25) is 0 Å². The summed E-state index contributed by atoms with van der Waals surface area (Å²) in [4.78, 5) is 0. The average molecular weight is 214 g/mol. The van der Waals surface area contributed by atoms with Gasteiger partial charge < -0.3 is 10.6 Å². The van der Waals surface area contributed by atoms with E-state index in [0.717, 1.165) is 24.0 Å². The van der Waals surface area contributed by atoms with Crippen molar-refractivity contribution in [3.63, 3.8) is 0 Å². The number of nitrogens with one attached hydrogen (secondary N) is 2. The summed E-state index contributed by atoms with van der Waals surface area (Å²) in [6, 6.07) is 0.536. The zero-order valence-corrected chi connectivity index (χ0v) is 10.1. The fourth-order valence-electron chi connectivity index (χ4n) is 2.07. The molecule has 0 bridgehead atoms. The standard InChI is InChI=1S/C11H22N2S/c1-3-8-12-11(14)13-9(2)10-6-4-5-7-10/h9-10H,3-8H2,1-2H3,(H2,12,13,14). The molecule has 0 aromatic heterocycles. The van der Waals surface area contributed by atoms with Crippen molar-refractivity contribution in [2.45, 2.75) is 52.0 Å². The molecule has 1 atom stereocenters. The van der Waals surface area contributed by atoms with Gasteiger partial charge in [-0.25, -0.2) is 0 Å². The number of thiocarbonyl (C=S) groups is 1. The van der Waals surface area contributed by atoms with E-state index in [1.54, 1.807) is 0 Å². The van der Waals surface area contributed by atoms with Crippen molar-refractivity contribution in [1.82, 2.24) is 10.6 Å². The topological polar surface area (TPSA) is 24.1 Å². The zero-order chi connectivity index (χ0) is 10.4. The first-order chi connectivity index (χ1) is 6.74. The van der Waals surface area contributed by atoms with Crippen LogP contribution < -0.4 is 10.6 Å². The van der Waals surface area contributed by atoms with E-state index in [2.05, 4.69) is 24.5 Å². The second-order valence-electron chi connectivity index (χ2n) is 4.23. The molecule has 0 aromatic carbocycles. The molecule has 1 unspecified atom stereocenters. The van der Waals surface area contributed by atoms with Gasteiger partial charge in [0.1, 0.15) is 0 Å². The molecule has 2 nitrogen and oxygen atoms in total. The molecule has 14 heavy (non-hydrogen) atoms. The monoisotopic (exact) mass is 214 g/mol. The van der Waals surface area contributed by atoms with Gasteiger partial charge in [0.2, 0.25) is 0 Å². The van der Waals surface area contributed by atoms with Crippen LogP contribution in [0.5, 0.6) is 0 Å². The minimum absolute atomic E-state index is 0.536. The second kappa shape index (κ2) is 6.23. The molecule has 0 aromatic rings. The molecule has 0 radical (unpaired) electrons. The van der Waals surface area contributed by atoms with Crippen molar-refractivity contribution >= 4 is 17.3 Å². The molecule has 1 aliphatic carbocycles. The van der Waals surface area contributed by atoms with Crippen LogP contribution in [0, 0.1) is 5.92 Å². The van der Waals surface area contributed by atoms with Crippen LogP contribution in [0.25, 0.3) is 0 Å². The summed E-state index contributed by atoms with van der Waals surface area (Å²) in [7, 11) is 0. The highest BCUT2D eigenvalue weighted by Crippen LogP contribution is 2.27. The predicted molar refractivity (Wildman–Crippen MR) is 65.4 cm³/mol. The van der Waals surface area contributed by atoms with E-state index >= 15 is 0 Å². The molecule has 0 spiro atoms. The van der Waals surface area contributed by atoms with E-state index in [4.69, 9.17) is 12.2 Å². The Morgan fingerprint density at radius 3 is 2.64 bits per heavy atom. The van der Waals surface area contributed by atoms with E-state index in [1.807, 2.05) is 0 Å². The van der Waals surface area contributed by atoms with Gasteiger partial charge in [-0.05, 0) is 44.3 Å². The van der Waals surface area contributed by atoms with Crippen molar-refractivity contribution in [3.8, 4) is 0 Å². The van der Waals surface area contributed by atoms with Crippen LogP contribution in [-0.4, -0.2) is 17.7 Å². The molecule has 0 heterocycles. The fraction of sp³-hybridized carbons (Fsp3) is 0.909. The minimum atomic E-state index is 0.536. The predicted octanol–water partition coefficient (Wildman–Crippen LogP) is 2.44. The minimum Gasteiger partial charge on any atom is -0.363 e. The number of rotatable bonds is 4. The third-order valence-corrected chi connectivity index (χ3v) is 3.26. The van der Waals surface area contributed by atoms with Crippen LogP contribution in [0.2, 0.25) is 0 Å². The van der Waals surface area contributed by atoms with Crippen LogP contribution in [0.1, 0.15) is 46.0 Å². The molecule has 0 aliphatic heterocycles. The summed E-state index contributed by atoms with van der Waals surface area (Å²) >= 11 is 5.21. The zero-order valence-electron chi connectivity index (χ0n) is 9.31. The first-order valence-electron chi connectivity index (χ1n) is 5.78. The summed E-state index contributed by atoms with van der Waals surface area (Å²) in [5.41, 5.74) is 0. The molecule has 0 amide bonds. The van der Waals surface area contributed by atoms with Crippen LogP contribution in [0.3, 0.4) is 0 Å². The molecular formula is C11H22N2S. The Morgan fingerprint density at radius 2 is 2.07 bits per heavy atom. The largest absolute Gasteiger partial charge is 0.363 e. The van der Waals surface area contributed by atoms with E-state index in [9.17, 15) is 0 Å². The lowest BCUT2D eigenvalue weighted by Gasteiger charge is -2.22. The Balaban J connectivity index is 2.18. The van der Waals surface area contributed by atoms with Crippen molar-refractivity contribution < 1.29 is 0 Å². The summed E-state index contributed by atoms with van der Waals surface area (Å²) in [6.07, 6.45) is 6.65. The van der Waals surface area contributed by atoms with Gasteiger partial charge in [-0.2, -0.15) is 0 Å². The summed E-state index contributed by atoms with van der Waals surface area (Å²) in [5.74, 6) is 0.830. The molecule has 1 saturated carbocycles. The SMILES string of the molecule is CCCNC(=S)NC(C)C1CCCC1. The van der Waals surface area contributed by atoms with Crippen molar-refractivity contribution in [2.75, 3.05) is 6.54 Å².